The predicted molar refractivity (Wildman–Crippen MR) is 61.7 cm³/mol. The number of carbonyl (C=O) groups is 1. The van der Waals surface area contributed by atoms with Crippen molar-refractivity contribution in [3.8, 4) is 0 Å². The summed E-state index contributed by atoms with van der Waals surface area (Å²) in [4.78, 5) is 13.7. The normalized spacial score (nSPS) is 19.7. The highest BCUT2D eigenvalue weighted by atomic mass is 16.2. The second-order valence-corrected chi connectivity index (χ2v) is 4.29. The van der Waals surface area contributed by atoms with E-state index in [4.69, 9.17) is 5.73 Å². The molecule has 1 saturated carbocycles. The number of urea groups is 1. The SMILES string of the molecule is CCN(C(=O)NC)C1(CN)CCCCC1. The molecule has 0 radical (unpaired) electrons. The van der Waals surface area contributed by atoms with Crippen LogP contribution in [0.25, 0.3) is 0 Å². The first-order valence-corrected chi connectivity index (χ1v) is 5.89. The van der Waals surface area contributed by atoms with E-state index in [1.165, 1.54) is 19.3 Å². The van der Waals surface area contributed by atoms with Crippen molar-refractivity contribution in [3.63, 3.8) is 0 Å². The lowest BCUT2D eigenvalue weighted by Crippen LogP contribution is -2.59. The summed E-state index contributed by atoms with van der Waals surface area (Å²) in [5.41, 5.74) is 5.80. The third kappa shape index (κ3) is 2.43. The lowest BCUT2D eigenvalue weighted by molar-refractivity contribution is 0.0888. The molecule has 0 spiro atoms. The van der Waals surface area contributed by atoms with Crippen LogP contribution in [0.1, 0.15) is 39.0 Å². The minimum atomic E-state index is -0.0902. The van der Waals surface area contributed by atoms with Gasteiger partial charge in [-0.05, 0) is 19.8 Å². The summed E-state index contributed by atoms with van der Waals surface area (Å²) in [5.74, 6) is 0. The Labute approximate surface area is 92.2 Å². The fourth-order valence-corrected chi connectivity index (χ4v) is 2.62. The molecule has 2 amide bonds. The van der Waals surface area contributed by atoms with Crippen molar-refractivity contribution >= 4 is 6.03 Å². The largest absolute Gasteiger partial charge is 0.341 e. The Morgan fingerprint density at radius 1 is 1.40 bits per heavy atom. The first-order valence-electron chi connectivity index (χ1n) is 5.89. The first kappa shape index (κ1) is 12.3. The molecule has 0 saturated heterocycles. The van der Waals surface area contributed by atoms with Crippen LogP contribution in [0.5, 0.6) is 0 Å². The Hall–Kier alpha value is -0.770. The summed E-state index contributed by atoms with van der Waals surface area (Å²) in [7, 11) is 1.68. The Kier molecular flexibility index (Phi) is 4.39. The van der Waals surface area contributed by atoms with E-state index >= 15 is 0 Å². The van der Waals surface area contributed by atoms with Crippen LogP contribution >= 0.6 is 0 Å². The van der Waals surface area contributed by atoms with E-state index < -0.39 is 0 Å². The average Bonchev–Trinajstić information content (AvgIpc) is 2.30. The van der Waals surface area contributed by atoms with E-state index in [1.807, 2.05) is 11.8 Å². The number of nitrogens with two attached hydrogens (primary N) is 1. The van der Waals surface area contributed by atoms with Crippen LogP contribution in [-0.2, 0) is 0 Å². The van der Waals surface area contributed by atoms with Gasteiger partial charge in [-0.3, -0.25) is 0 Å². The third-order valence-corrected chi connectivity index (χ3v) is 3.51. The molecular weight excluding hydrogens is 190 g/mol. The molecule has 1 fully saturated rings. The fourth-order valence-electron chi connectivity index (χ4n) is 2.62. The van der Waals surface area contributed by atoms with Gasteiger partial charge in [0.1, 0.15) is 0 Å². The monoisotopic (exact) mass is 213 g/mol. The minimum absolute atomic E-state index is 0.00449. The van der Waals surface area contributed by atoms with Crippen molar-refractivity contribution in [2.24, 2.45) is 5.73 Å². The van der Waals surface area contributed by atoms with Crippen LogP contribution in [0.4, 0.5) is 4.79 Å². The molecule has 0 aromatic heterocycles. The summed E-state index contributed by atoms with van der Waals surface area (Å²) in [5, 5.41) is 2.70. The van der Waals surface area contributed by atoms with Crippen LogP contribution < -0.4 is 11.1 Å². The second-order valence-electron chi connectivity index (χ2n) is 4.29. The molecule has 0 unspecified atom stereocenters. The molecule has 15 heavy (non-hydrogen) atoms. The van der Waals surface area contributed by atoms with Crippen molar-refractivity contribution in [3.05, 3.63) is 0 Å². The van der Waals surface area contributed by atoms with E-state index in [9.17, 15) is 4.79 Å². The number of nitrogens with zero attached hydrogens (tertiary/aromatic N) is 1. The first-order chi connectivity index (χ1) is 7.20. The number of amides is 2. The number of hydrogen-bond acceptors (Lipinski definition) is 2. The smallest absolute Gasteiger partial charge is 0.317 e. The van der Waals surface area contributed by atoms with Gasteiger partial charge >= 0.3 is 6.03 Å². The van der Waals surface area contributed by atoms with E-state index in [2.05, 4.69) is 5.32 Å². The van der Waals surface area contributed by atoms with Gasteiger partial charge in [0.2, 0.25) is 0 Å². The van der Waals surface area contributed by atoms with Crippen LogP contribution in [0.3, 0.4) is 0 Å². The molecule has 0 aliphatic heterocycles. The highest BCUT2D eigenvalue weighted by Gasteiger charge is 2.38. The molecule has 4 heteroatoms. The molecule has 0 aromatic rings. The lowest BCUT2D eigenvalue weighted by Gasteiger charge is -2.45. The van der Waals surface area contributed by atoms with Gasteiger partial charge < -0.3 is 16.0 Å². The maximum Gasteiger partial charge on any atom is 0.317 e. The number of rotatable bonds is 3. The maximum atomic E-state index is 11.8. The van der Waals surface area contributed by atoms with Crippen LogP contribution in [0.15, 0.2) is 0 Å². The molecule has 0 atom stereocenters. The Bertz CT molecular complexity index is 212. The van der Waals surface area contributed by atoms with E-state index in [1.54, 1.807) is 7.05 Å². The summed E-state index contributed by atoms with van der Waals surface area (Å²) in [6.07, 6.45) is 5.73. The average molecular weight is 213 g/mol. The molecular formula is C11H23N3O. The summed E-state index contributed by atoms with van der Waals surface area (Å²) < 4.78 is 0. The summed E-state index contributed by atoms with van der Waals surface area (Å²) in [6, 6.07) is 0.00449. The van der Waals surface area contributed by atoms with Crippen LogP contribution in [0.2, 0.25) is 0 Å². The van der Waals surface area contributed by atoms with Gasteiger partial charge in [-0.25, -0.2) is 4.79 Å². The fraction of sp³-hybridized carbons (Fsp3) is 0.909. The van der Waals surface area contributed by atoms with Gasteiger partial charge in [0.05, 0.1) is 5.54 Å². The van der Waals surface area contributed by atoms with Gasteiger partial charge in [-0.2, -0.15) is 0 Å². The zero-order chi connectivity index (χ0) is 11.3. The maximum absolute atomic E-state index is 11.8. The van der Waals surface area contributed by atoms with Crippen molar-refractivity contribution in [1.29, 1.82) is 0 Å². The van der Waals surface area contributed by atoms with Crippen molar-refractivity contribution in [2.75, 3.05) is 20.1 Å². The molecule has 0 aromatic carbocycles. The number of likely N-dealkylation sites (N-methyl/N-ethyl adjacent to an activating group) is 1. The van der Waals surface area contributed by atoms with Gasteiger partial charge in [-0.1, -0.05) is 19.3 Å². The van der Waals surface area contributed by atoms with Gasteiger partial charge in [0.25, 0.3) is 0 Å². The van der Waals surface area contributed by atoms with Crippen LogP contribution in [-0.4, -0.2) is 36.6 Å². The number of nitrogens with one attached hydrogen (secondary N) is 1. The number of hydrogen-bond donors (Lipinski definition) is 2. The Morgan fingerprint density at radius 3 is 2.40 bits per heavy atom. The highest BCUT2D eigenvalue weighted by molar-refractivity contribution is 5.74. The number of carbonyl (C=O) groups excluding carboxylic acids is 1. The standard InChI is InChI=1S/C11H23N3O/c1-3-14(10(15)13-2)11(9-12)7-5-4-6-8-11/h3-9,12H2,1-2H3,(H,13,15). The highest BCUT2D eigenvalue weighted by Crippen LogP contribution is 2.32. The Balaban J connectivity index is 2.80. The van der Waals surface area contributed by atoms with Gasteiger partial charge in [-0.15, -0.1) is 0 Å². The van der Waals surface area contributed by atoms with E-state index in [-0.39, 0.29) is 11.6 Å². The topological polar surface area (TPSA) is 58.4 Å². The quantitative estimate of drug-likeness (QED) is 0.742. The zero-order valence-corrected chi connectivity index (χ0v) is 9.88. The predicted octanol–water partition coefficient (Wildman–Crippen LogP) is 1.31. The molecule has 88 valence electrons. The van der Waals surface area contributed by atoms with Crippen molar-refractivity contribution in [2.45, 2.75) is 44.6 Å². The van der Waals surface area contributed by atoms with Crippen molar-refractivity contribution in [1.82, 2.24) is 10.2 Å². The third-order valence-electron chi connectivity index (χ3n) is 3.51. The van der Waals surface area contributed by atoms with Gasteiger partial charge in [0.15, 0.2) is 0 Å². The second kappa shape index (κ2) is 5.35. The molecule has 0 bridgehead atoms. The Morgan fingerprint density at radius 2 is 2.00 bits per heavy atom. The van der Waals surface area contributed by atoms with Crippen molar-refractivity contribution < 1.29 is 4.79 Å². The molecule has 1 aliphatic rings. The van der Waals surface area contributed by atoms with E-state index in [0.717, 1.165) is 19.4 Å². The molecule has 0 heterocycles. The van der Waals surface area contributed by atoms with Gasteiger partial charge in [0, 0.05) is 20.1 Å². The summed E-state index contributed by atoms with van der Waals surface area (Å²) in [6.45, 7) is 3.33. The molecule has 1 rings (SSSR count). The zero-order valence-electron chi connectivity index (χ0n) is 9.88. The molecule has 1 aliphatic carbocycles. The van der Waals surface area contributed by atoms with E-state index in [0.29, 0.717) is 6.54 Å². The summed E-state index contributed by atoms with van der Waals surface area (Å²) >= 11 is 0. The molecule has 4 nitrogen and oxygen atoms in total. The molecule has 3 N–H and O–H groups in total. The minimum Gasteiger partial charge on any atom is -0.341 e. The van der Waals surface area contributed by atoms with Crippen LogP contribution in [0, 0.1) is 0 Å². The lowest BCUT2D eigenvalue weighted by atomic mass is 9.80.